The molecule has 4 rings (SSSR count). The number of pyridine rings is 1. The topological polar surface area (TPSA) is 86.7 Å². The van der Waals surface area contributed by atoms with Gasteiger partial charge in [0.25, 0.3) is 0 Å². The van der Waals surface area contributed by atoms with E-state index in [1.807, 2.05) is 73.0 Å². The first kappa shape index (κ1) is 20.1. The standard InChI is InChI=1S/C23H23N5OS/c1-3-20(21(24)29)30-23-27-26-22(28(23)4-2)17-14-19(15-10-6-5-7-11-15)25-18-13-9-8-12-16(17)18/h5-14,20H,3-4H2,1-2H3,(H2,24,29). The predicted molar refractivity (Wildman–Crippen MR) is 121 cm³/mol. The first-order valence-electron chi connectivity index (χ1n) is 9.97. The van der Waals surface area contributed by atoms with E-state index >= 15 is 0 Å². The van der Waals surface area contributed by atoms with Gasteiger partial charge in [0.2, 0.25) is 5.91 Å². The molecule has 1 amide bonds. The number of carbonyl (C=O) groups excluding carboxylic acids is 1. The van der Waals surface area contributed by atoms with Gasteiger partial charge in [0.05, 0.1) is 16.5 Å². The summed E-state index contributed by atoms with van der Waals surface area (Å²) in [6.45, 7) is 4.67. The number of para-hydroxylation sites is 1. The quantitative estimate of drug-likeness (QED) is 0.446. The zero-order valence-electron chi connectivity index (χ0n) is 16.9. The summed E-state index contributed by atoms with van der Waals surface area (Å²) in [5.74, 6) is 0.422. The Balaban J connectivity index is 1.88. The average Bonchev–Trinajstić information content (AvgIpc) is 3.19. The Morgan fingerprint density at radius 3 is 2.50 bits per heavy atom. The molecule has 0 aliphatic rings. The van der Waals surface area contributed by atoms with Crippen molar-refractivity contribution in [1.82, 2.24) is 19.7 Å². The minimum Gasteiger partial charge on any atom is -0.369 e. The Morgan fingerprint density at radius 2 is 1.80 bits per heavy atom. The number of benzene rings is 2. The Hall–Kier alpha value is -3.19. The molecule has 2 aromatic carbocycles. The lowest BCUT2D eigenvalue weighted by atomic mass is 10.0. The maximum Gasteiger partial charge on any atom is 0.231 e. The summed E-state index contributed by atoms with van der Waals surface area (Å²) in [7, 11) is 0. The Labute approximate surface area is 179 Å². The summed E-state index contributed by atoms with van der Waals surface area (Å²) in [6, 6.07) is 20.2. The lowest BCUT2D eigenvalue weighted by Crippen LogP contribution is -2.25. The van der Waals surface area contributed by atoms with Gasteiger partial charge in [-0.25, -0.2) is 4.98 Å². The van der Waals surface area contributed by atoms with Crippen molar-refractivity contribution in [2.75, 3.05) is 0 Å². The van der Waals surface area contributed by atoms with Crippen LogP contribution in [-0.4, -0.2) is 30.9 Å². The highest BCUT2D eigenvalue weighted by atomic mass is 32.2. The van der Waals surface area contributed by atoms with E-state index in [0.717, 1.165) is 33.5 Å². The summed E-state index contributed by atoms with van der Waals surface area (Å²) >= 11 is 1.37. The van der Waals surface area contributed by atoms with Crippen molar-refractivity contribution in [3.8, 4) is 22.6 Å². The first-order chi connectivity index (χ1) is 14.6. The molecule has 0 saturated heterocycles. The Bertz CT molecular complexity index is 1190. The zero-order chi connectivity index (χ0) is 21.1. The van der Waals surface area contributed by atoms with E-state index in [-0.39, 0.29) is 11.2 Å². The van der Waals surface area contributed by atoms with E-state index in [1.54, 1.807) is 0 Å². The van der Waals surface area contributed by atoms with E-state index in [1.165, 1.54) is 11.8 Å². The molecule has 0 saturated carbocycles. The van der Waals surface area contributed by atoms with Gasteiger partial charge in [-0.05, 0) is 25.5 Å². The molecule has 152 valence electrons. The van der Waals surface area contributed by atoms with E-state index in [2.05, 4.69) is 16.3 Å². The van der Waals surface area contributed by atoms with E-state index in [0.29, 0.717) is 18.1 Å². The van der Waals surface area contributed by atoms with Gasteiger partial charge in [-0.1, -0.05) is 67.2 Å². The molecular weight excluding hydrogens is 394 g/mol. The lowest BCUT2D eigenvalue weighted by molar-refractivity contribution is -0.117. The second-order valence-electron chi connectivity index (χ2n) is 6.91. The molecule has 0 fully saturated rings. The van der Waals surface area contributed by atoms with Crippen LogP contribution in [0.5, 0.6) is 0 Å². The third kappa shape index (κ3) is 3.80. The molecule has 2 N–H and O–H groups in total. The summed E-state index contributed by atoms with van der Waals surface area (Å²) < 4.78 is 2.03. The SMILES string of the molecule is CCC(Sc1nnc(-c2cc(-c3ccccc3)nc3ccccc23)n1CC)C(N)=O. The zero-order valence-corrected chi connectivity index (χ0v) is 17.8. The number of hydrogen-bond donors (Lipinski definition) is 1. The fourth-order valence-corrected chi connectivity index (χ4v) is 4.42. The highest BCUT2D eigenvalue weighted by Crippen LogP contribution is 2.34. The molecule has 2 heterocycles. The van der Waals surface area contributed by atoms with Crippen LogP contribution in [0.4, 0.5) is 0 Å². The maximum absolute atomic E-state index is 11.7. The number of nitrogens with two attached hydrogens (primary N) is 1. The summed E-state index contributed by atoms with van der Waals surface area (Å²) in [6.07, 6.45) is 0.641. The average molecular weight is 418 g/mol. The smallest absolute Gasteiger partial charge is 0.231 e. The second-order valence-corrected chi connectivity index (χ2v) is 8.08. The van der Waals surface area contributed by atoms with Crippen LogP contribution in [0.3, 0.4) is 0 Å². The third-order valence-corrected chi connectivity index (χ3v) is 6.36. The van der Waals surface area contributed by atoms with Crippen LogP contribution in [0, 0.1) is 0 Å². The maximum atomic E-state index is 11.7. The fraction of sp³-hybridized carbons (Fsp3) is 0.217. The Morgan fingerprint density at radius 1 is 1.07 bits per heavy atom. The van der Waals surface area contributed by atoms with Crippen molar-refractivity contribution in [3.05, 3.63) is 60.7 Å². The number of fused-ring (bicyclic) bond motifs is 1. The molecule has 1 unspecified atom stereocenters. The van der Waals surface area contributed by atoms with Crippen LogP contribution in [0.25, 0.3) is 33.5 Å². The van der Waals surface area contributed by atoms with Crippen molar-refractivity contribution < 1.29 is 4.79 Å². The van der Waals surface area contributed by atoms with Crippen LogP contribution in [0.15, 0.2) is 65.8 Å². The molecule has 4 aromatic rings. The molecule has 0 bridgehead atoms. The highest BCUT2D eigenvalue weighted by molar-refractivity contribution is 8.00. The van der Waals surface area contributed by atoms with Crippen molar-refractivity contribution in [2.24, 2.45) is 5.73 Å². The molecule has 7 heteroatoms. The van der Waals surface area contributed by atoms with Crippen molar-refractivity contribution in [2.45, 2.75) is 37.2 Å². The van der Waals surface area contributed by atoms with Gasteiger partial charge in [-0.3, -0.25) is 4.79 Å². The van der Waals surface area contributed by atoms with E-state index < -0.39 is 0 Å². The number of thioether (sulfide) groups is 1. The van der Waals surface area contributed by atoms with Gasteiger partial charge in [-0.15, -0.1) is 10.2 Å². The van der Waals surface area contributed by atoms with Crippen LogP contribution in [-0.2, 0) is 11.3 Å². The molecule has 30 heavy (non-hydrogen) atoms. The van der Waals surface area contributed by atoms with Crippen molar-refractivity contribution in [1.29, 1.82) is 0 Å². The second kappa shape index (κ2) is 8.67. The molecule has 0 radical (unpaired) electrons. The van der Waals surface area contributed by atoms with Crippen LogP contribution < -0.4 is 5.73 Å². The largest absolute Gasteiger partial charge is 0.369 e. The van der Waals surface area contributed by atoms with Gasteiger partial charge < -0.3 is 10.3 Å². The van der Waals surface area contributed by atoms with Crippen molar-refractivity contribution >= 4 is 28.6 Å². The van der Waals surface area contributed by atoms with Crippen LogP contribution in [0.1, 0.15) is 20.3 Å². The summed E-state index contributed by atoms with van der Waals surface area (Å²) in [5.41, 5.74) is 9.33. The number of rotatable bonds is 7. The molecule has 6 nitrogen and oxygen atoms in total. The third-order valence-electron chi connectivity index (χ3n) is 5.00. The van der Waals surface area contributed by atoms with E-state index in [9.17, 15) is 4.79 Å². The molecule has 2 aromatic heterocycles. The lowest BCUT2D eigenvalue weighted by Gasteiger charge is -2.13. The minimum absolute atomic E-state index is 0.332. The Kier molecular flexibility index (Phi) is 5.81. The normalized spacial score (nSPS) is 12.2. The number of primary amides is 1. The van der Waals surface area contributed by atoms with Crippen LogP contribution in [0.2, 0.25) is 0 Å². The molecule has 0 aliphatic carbocycles. The van der Waals surface area contributed by atoms with Crippen molar-refractivity contribution in [3.63, 3.8) is 0 Å². The van der Waals surface area contributed by atoms with E-state index in [4.69, 9.17) is 10.7 Å². The van der Waals surface area contributed by atoms with Gasteiger partial charge in [0, 0.05) is 23.1 Å². The number of hydrogen-bond acceptors (Lipinski definition) is 5. The van der Waals surface area contributed by atoms with Crippen LogP contribution >= 0.6 is 11.8 Å². The van der Waals surface area contributed by atoms with Gasteiger partial charge in [-0.2, -0.15) is 0 Å². The number of carbonyl (C=O) groups is 1. The predicted octanol–water partition coefficient (Wildman–Crippen LogP) is 4.54. The molecular formula is C23H23N5OS. The monoisotopic (exact) mass is 417 g/mol. The van der Waals surface area contributed by atoms with Gasteiger partial charge in [0.15, 0.2) is 11.0 Å². The minimum atomic E-state index is -0.338. The molecule has 1 atom stereocenters. The first-order valence-corrected chi connectivity index (χ1v) is 10.8. The fourth-order valence-electron chi connectivity index (χ4n) is 3.45. The number of nitrogens with zero attached hydrogens (tertiary/aromatic N) is 4. The van der Waals surface area contributed by atoms with Gasteiger partial charge >= 0.3 is 0 Å². The van der Waals surface area contributed by atoms with Gasteiger partial charge in [0.1, 0.15) is 0 Å². The summed E-state index contributed by atoms with van der Waals surface area (Å²) in [5, 5.41) is 10.3. The summed E-state index contributed by atoms with van der Waals surface area (Å²) in [4.78, 5) is 16.6. The molecule has 0 aliphatic heterocycles. The number of aromatic nitrogens is 4. The highest BCUT2D eigenvalue weighted by Gasteiger charge is 2.22. The molecule has 0 spiro atoms. The number of amides is 1.